The summed E-state index contributed by atoms with van der Waals surface area (Å²) in [5.74, 6) is 0.809. The van der Waals surface area contributed by atoms with Crippen LogP contribution in [0.15, 0.2) is 18.2 Å². The van der Waals surface area contributed by atoms with Crippen LogP contribution in [0.3, 0.4) is 0 Å². The van der Waals surface area contributed by atoms with Crippen molar-refractivity contribution in [2.45, 2.75) is 26.3 Å². The fourth-order valence-corrected chi connectivity index (χ4v) is 1.48. The number of nitrogens with one attached hydrogen (secondary N) is 1. The van der Waals surface area contributed by atoms with E-state index >= 15 is 0 Å². The van der Waals surface area contributed by atoms with Gasteiger partial charge in [0.15, 0.2) is 0 Å². The number of hydrogen-bond donors (Lipinski definition) is 1. The van der Waals surface area contributed by atoms with Gasteiger partial charge >= 0.3 is 0 Å². The smallest absolute Gasteiger partial charge is 0.259 e. The van der Waals surface area contributed by atoms with Gasteiger partial charge in [0.05, 0.1) is 14.2 Å². The lowest BCUT2D eigenvalue weighted by Gasteiger charge is -2.22. The fourth-order valence-electron chi connectivity index (χ4n) is 1.48. The average molecular weight is 237 g/mol. The number of rotatable bonds is 3. The molecule has 0 heterocycles. The van der Waals surface area contributed by atoms with Crippen LogP contribution in [0.4, 0.5) is 0 Å². The van der Waals surface area contributed by atoms with Gasteiger partial charge < -0.3 is 14.8 Å². The second-order valence-corrected chi connectivity index (χ2v) is 4.74. The van der Waals surface area contributed by atoms with Crippen molar-refractivity contribution in [3.8, 4) is 11.5 Å². The molecule has 0 saturated heterocycles. The van der Waals surface area contributed by atoms with Gasteiger partial charge in [-0.15, -0.1) is 0 Å². The predicted molar refractivity (Wildman–Crippen MR) is 66.8 cm³/mol. The highest BCUT2D eigenvalue weighted by Gasteiger charge is 2.22. The highest BCUT2D eigenvalue weighted by molar-refractivity contribution is 6.00. The van der Waals surface area contributed by atoms with E-state index < -0.39 is 0 Å². The molecule has 0 unspecified atom stereocenters. The lowest BCUT2D eigenvalue weighted by molar-refractivity contribution is 0.0913. The van der Waals surface area contributed by atoms with E-state index in [9.17, 15) is 4.79 Å². The van der Waals surface area contributed by atoms with Gasteiger partial charge in [0, 0.05) is 5.54 Å². The molecule has 0 aliphatic heterocycles. The number of ether oxygens (including phenoxy) is 2. The molecule has 0 spiro atoms. The minimum atomic E-state index is -0.303. The second-order valence-electron chi connectivity index (χ2n) is 4.74. The van der Waals surface area contributed by atoms with E-state index in [-0.39, 0.29) is 11.4 Å². The summed E-state index contributed by atoms with van der Waals surface area (Å²) in [6, 6.07) is 5.26. The van der Waals surface area contributed by atoms with Crippen LogP contribution in [0, 0.1) is 0 Å². The van der Waals surface area contributed by atoms with Gasteiger partial charge in [-0.25, -0.2) is 0 Å². The topological polar surface area (TPSA) is 47.6 Å². The Balaban J connectivity index is 3.14. The maximum atomic E-state index is 12.1. The molecule has 1 aromatic carbocycles. The molecular weight excluding hydrogens is 218 g/mol. The summed E-state index contributed by atoms with van der Waals surface area (Å²) in [4.78, 5) is 12.1. The van der Waals surface area contributed by atoms with Crippen molar-refractivity contribution < 1.29 is 14.3 Å². The summed E-state index contributed by atoms with van der Waals surface area (Å²) in [6.45, 7) is 5.77. The predicted octanol–water partition coefficient (Wildman–Crippen LogP) is 2.23. The molecule has 1 rings (SSSR count). The Hall–Kier alpha value is -1.71. The summed E-state index contributed by atoms with van der Waals surface area (Å²) in [7, 11) is 3.06. The summed E-state index contributed by atoms with van der Waals surface area (Å²) >= 11 is 0. The van der Waals surface area contributed by atoms with Crippen LogP contribution < -0.4 is 14.8 Å². The van der Waals surface area contributed by atoms with E-state index in [2.05, 4.69) is 5.32 Å². The van der Waals surface area contributed by atoms with E-state index in [0.717, 1.165) is 0 Å². The number of hydrogen-bond acceptors (Lipinski definition) is 3. The van der Waals surface area contributed by atoms with Crippen LogP contribution in [0.25, 0.3) is 0 Å². The van der Waals surface area contributed by atoms with E-state index in [1.165, 1.54) is 14.2 Å². The maximum Gasteiger partial charge on any atom is 0.259 e. The largest absolute Gasteiger partial charge is 0.496 e. The van der Waals surface area contributed by atoms with Gasteiger partial charge in [-0.3, -0.25) is 4.79 Å². The van der Waals surface area contributed by atoms with Crippen LogP contribution in [0.5, 0.6) is 11.5 Å². The molecule has 1 aromatic rings. The van der Waals surface area contributed by atoms with E-state index in [4.69, 9.17) is 9.47 Å². The molecule has 0 bridgehead atoms. The van der Waals surface area contributed by atoms with Crippen molar-refractivity contribution in [2.24, 2.45) is 0 Å². The lowest BCUT2D eigenvalue weighted by Crippen LogP contribution is -2.40. The normalized spacial score (nSPS) is 10.9. The Morgan fingerprint density at radius 3 is 1.94 bits per heavy atom. The van der Waals surface area contributed by atoms with Gasteiger partial charge in [0.2, 0.25) is 0 Å². The molecule has 4 nitrogen and oxygen atoms in total. The zero-order chi connectivity index (χ0) is 13.1. The average Bonchev–Trinajstić information content (AvgIpc) is 2.25. The summed E-state index contributed by atoms with van der Waals surface area (Å²) < 4.78 is 10.4. The maximum absolute atomic E-state index is 12.1. The Labute approximate surface area is 102 Å². The summed E-state index contributed by atoms with van der Waals surface area (Å²) in [5.41, 5.74) is 0.121. The van der Waals surface area contributed by atoms with Crippen LogP contribution in [-0.2, 0) is 0 Å². The molecule has 0 atom stereocenters. The van der Waals surface area contributed by atoms with Crippen LogP contribution in [0.1, 0.15) is 31.1 Å². The molecule has 0 fully saturated rings. The number of amides is 1. The van der Waals surface area contributed by atoms with E-state index in [1.54, 1.807) is 18.2 Å². The van der Waals surface area contributed by atoms with Gasteiger partial charge in [-0.2, -0.15) is 0 Å². The van der Waals surface area contributed by atoms with Crippen molar-refractivity contribution in [3.63, 3.8) is 0 Å². The fraction of sp³-hybridized carbons (Fsp3) is 0.462. The third kappa shape index (κ3) is 3.37. The molecule has 0 saturated carbocycles. The van der Waals surface area contributed by atoms with Gasteiger partial charge in [-0.05, 0) is 32.9 Å². The molecule has 1 amide bonds. The first kappa shape index (κ1) is 13.4. The SMILES string of the molecule is COc1cccc(OC)c1C(=O)NC(C)(C)C. The number of carbonyl (C=O) groups is 1. The van der Waals surface area contributed by atoms with Crippen LogP contribution in [0.2, 0.25) is 0 Å². The zero-order valence-electron chi connectivity index (χ0n) is 11.0. The summed E-state index contributed by atoms with van der Waals surface area (Å²) in [5, 5.41) is 2.89. The molecule has 94 valence electrons. The molecule has 0 aliphatic carbocycles. The molecular formula is C13H19NO3. The minimum Gasteiger partial charge on any atom is -0.496 e. The Morgan fingerprint density at radius 2 is 1.59 bits per heavy atom. The van der Waals surface area contributed by atoms with Gasteiger partial charge in [0.25, 0.3) is 5.91 Å². The zero-order valence-corrected chi connectivity index (χ0v) is 11.0. The molecule has 0 radical (unpaired) electrons. The van der Waals surface area contributed by atoms with E-state index in [0.29, 0.717) is 17.1 Å². The molecule has 1 N–H and O–H groups in total. The summed E-state index contributed by atoms with van der Waals surface area (Å²) in [6.07, 6.45) is 0. The molecule has 4 heteroatoms. The first-order chi connectivity index (χ1) is 7.89. The Bertz CT molecular complexity index is 385. The third-order valence-corrected chi connectivity index (χ3v) is 2.14. The van der Waals surface area contributed by atoms with Crippen LogP contribution >= 0.6 is 0 Å². The highest BCUT2D eigenvalue weighted by Crippen LogP contribution is 2.28. The second kappa shape index (κ2) is 5.08. The Kier molecular flexibility index (Phi) is 3.99. The van der Waals surface area contributed by atoms with Gasteiger partial charge in [0.1, 0.15) is 17.1 Å². The van der Waals surface area contributed by atoms with Gasteiger partial charge in [-0.1, -0.05) is 6.07 Å². The van der Waals surface area contributed by atoms with Crippen molar-refractivity contribution in [1.29, 1.82) is 0 Å². The van der Waals surface area contributed by atoms with E-state index in [1.807, 2.05) is 20.8 Å². The monoisotopic (exact) mass is 237 g/mol. The van der Waals surface area contributed by atoms with Crippen molar-refractivity contribution in [2.75, 3.05) is 14.2 Å². The first-order valence-electron chi connectivity index (χ1n) is 5.42. The highest BCUT2D eigenvalue weighted by atomic mass is 16.5. The molecule has 0 aromatic heterocycles. The van der Waals surface area contributed by atoms with Crippen LogP contribution in [-0.4, -0.2) is 25.7 Å². The molecule has 17 heavy (non-hydrogen) atoms. The first-order valence-corrected chi connectivity index (χ1v) is 5.42. The quantitative estimate of drug-likeness (QED) is 0.877. The van der Waals surface area contributed by atoms with Crippen molar-refractivity contribution in [3.05, 3.63) is 23.8 Å². The number of methoxy groups -OCH3 is 2. The van der Waals surface area contributed by atoms with Crippen molar-refractivity contribution in [1.82, 2.24) is 5.32 Å². The van der Waals surface area contributed by atoms with Crippen molar-refractivity contribution >= 4 is 5.91 Å². The Morgan fingerprint density at radius 1 is 1.12 bits per heavy atom. The number of benzene rings is 1. The number of carbonyl (C=O) groups excluding carboxylic acids is 1. The molecule has 0 aliphatic rings. The minimum absolute atomic E-state index is 0.202. The lowest BCUT2D eigenvalue weighted by atomic mass is 10.1. The standard InChI is InChI=1S/C13H19NO3/c1-13(2,3)14-12(15)11-9(16-4)7-6-8-10(11)17-5/h6-8H,1-5H3,(H,14,15). The third-order valence-electron chi connectivity index (χ3n) is 2.14.